The maximum absolute atomic E-state index is 11.1. The van der Waals surface area contributed by atoms with Crippen LogP contribution in [0.3, 0.4) is 0 Å². The zero-order chi connectivity index (χ0) is 15.1. The quantitative estimate of drug-likeness (QED) is 0.468. The average Bonchev–Trinajstić information content (AvgIpc) is 2.35. The smallest absolute Gasteiger partial charge is 1.00 e. The summed E-state index contributed by atoms with van der Waals surface area (Å²) in [6.07, 6.45) is 0. The second-order valence-electron chi connectivity index (χ2n) is 3.95. The fourth-order valence-corrected chi connectivity index (χ4v) is 2.37. The second kappa shape index (κ2) is 6.12. The Labute approximate surface area is 142 Å². The van der Waals surface area contributed by atoms with Crippen LogP contribution < -0.4 is 29.6 Å². The van der Waals surface area contributed by atoms with Crippen LogP contribution in [-0.2, 0) is 10.1 Å². The summed E-state index contributed by atoms with van der Waals surface area (Å²) in [5.74, 6) is -2.61. The molecule has 3 N–H and O–H groups in total. The van der Waals surface area contributed by atoms with Gasteiger partial charge in [-0.2, -0.15) is 8.42 Å². The monoisotopic (exact) mass is 320 g/mol. The Hall–Kier alpha value is -1.45. The molecule has 0 aliphatic rings. The molecule has 0 heterocycles. The minimum absolute atomic E-state index is 0. The third-order valence-electron chi connectivity index (χ3n) is 2.75. The number of benzene rings is 2. The van der Waals surface area contributed by atoms with Gasteiger partial charge in [0.2, 0.25) is 0 Å². The molecule has 0 aromatic heterocycles. The zero-order valence-corrected chi connectivity index (χ0v) is 13.6. The topological polar surface area (TPSA) is 129 Å². The van der Waals surface area contributed by atoms with Crippen LogP contribution in [0.2, 0.25) is 0 Å². The molecule has 0 atom stereocenters. The maximum atomic E-state index is 11.1. The van der Waals surface area contributed by atoms with Gasteiger partial charge in [0.05, 0.1) is 16.0 Å². The molecule has 0 aliphatic carbocycles. The summed E-state index contributed by atoms with van der Waals surface area (Å²) in [6, 6.07) is 5.29. The molecule has 0 fully saturated rings. The van der Waals surface area contributed by atoms with Crippen LogP contribution in [0.4, 0.5) is 0 Å². The molecule has 7 nitrogen and oxygen atoms in total. The molecule has 0 aliphatic heterocycles. The summed E-state index contributed by atoms with van der Waals surface area (Å²) in [7, 11) is -4.51. The van der Waals surface area contributed by atoms with Crippen LogP contribution in [0.25, 0.3) is 10.8 Å². The largest absolute Gasteiger partial charge is 1.00 e. The molecule has 0 saturated heterocycles. The number of carboxylic acid groups (broad SMARTS) is 2. The van der Waals surface area contributed by atoms with Crippen LogP contribution in [0, 0.1) is 0 Å². The van der Waals surface area contributed by atoms with E-state index in [9.17, 15) is 18.0 Å². The Kier molecular flexibility index (Phi) is 5.13. The Morgan fingerprint density at radius 3 is 1.81 bits per heavy atom. The zero-order valence-electron chi connectivity index (χ0n) is 11.8. The predicted octanol–water partition coefficient (Wildman–Crippen LogP) is -1.40. The number of hydrogen-bond donors (Lipinski definition) is 3. The first-order valence-corrected chi connectivity index (χ1v) is 6.66. The van der Waals surface area contributed by atoms with E-state index in [0.717, 1.165) is 30.3 Å². The van der Waals surface area contributed by atoms with Crippen molar-refractivity contribution in [2.24, 2.45) is 0 Å². The van der Waals surface area contributed by atoms with Crippen molar-refractivity contribution in [1.29, 1.82) is 0 Å². The number of aromatic carboxylic acids is 2. The van der Waals surface area contributed by atoms with Crippen molar-refractivity contribution in [2.75, 3.05) is 0 Å². The third-order valence-corrected chi connectivity index (χ3v) is 3.60. The molecule has 0 amide bonds. The minimum atomic E-state index is -4.51. The van der Waals surface area contributed by atoms with Crippen LogP contribution >= 0.6 is 0 Å². The number of fused-ring (bicyclic) bond motifs is 1. The molecule has 2 aromatic carbocycles. The number of carbonyl (C=O) groups is 2. The molecule has 0 radical (unpaired) electrons. The molecule has 21 heavy (non-hydrogen) atoms. The fraction of sp³-hybridized carbons (Fsp3) is 0. The van der Waals surface area contributed by atoms with Gasteiger partial charge in [0.15, 0.2) is 0 Å². The Bertz CT molecular complexity index is 848. The molecule has 106 valence electrons. The van der Waals surface area contributed by atoms with Crippen molar-refractivity contribution < 1.29 is 63.8 Å². The average molecular weight is 320 g/mol. The van der Waals surface area contributed by atoms with Gasteiger partial charge < -0.3 is 11.6 Å². The van der Waals surface area contributed by atoms with Gasteiger partial charge in [-0.15, -0.1) is 0 Å². The van der Waals surface area contributed by atoms with E-state index in [1.165, 1.54) is 0 Å². The van der Waals surface area contributed by atoms with Crippen molar-refractivity contribution in [2.45, 2.75) is 4.90 Å². The van der Waals surface area contributed by atoms with Gasteiger partial charge in [-0.25, -0.2) is 9.59 Å². The summed E-state index contributed by atoms with van der Waals surface area (Å²) in [6.45, 7) is 0. The number of carboxylic acids is 2. The number of hydrogen-bond acceptors (Lipinski definition) is 4. The molecule has 0 bridgehead atoms. The second-order valence-corrected chi connectivity index (χ2v) is 5.37. The van der Waals surface area contributed by atoms with Crippen molar-refractivity contribution in [3.8, 4) is 0 Å². The molecule has 0 saturated carbocycles. The third kappa shape index (κ3) is 3.42. The minimum Gasteiger partial charge on any atom is -1.00 e. The maximum Gasteiger partial charge on any atom is 1.00 e. The standard InChI is InChI=1S/C12H8O7S.Na.H/c13-11(14)8-3-4-9(12(15)16)10-5-6(20(17,18)19)1-2-7(8)10;;/h1-5H,(H,13,14)(H,15,16)(H,17,18,19);;/q;+1;-1. The molecule has 0 spiro atoms. The van der Waals surface area contributed by atoms with Gasteiger partial charge in [-0.1, -0.05) is 6.07 Å². The molecule has 2 rings (SSSR count). The van der Waals surface area contributed by atoms with Gasteiger partial charge in [0.1, 0.15) is 0 Å². The van der Waals surface area contributed by atoms with Gasteiger partial charge in [-0.3, -0.25) is 4.55 Å². The number of rotatable bonds is 3. The summed E-state index contributed by atoms with van der Waals surface area (Å²) < 4.78 is 31.1. The van der Waals surface area contributed by atoms with E-state index in [2.05, 4.69) is 0 Å². The van der Waals surface area contributed by atoms with Gasteiger partial charge in [-0.05, 0) is 35.0 Å². The summed E-state index contributed by atoms with van der Waals surface area (Å²) >= 11 is 0. The molecule has 0 unspecified atom stereocenters. The molecule has 2 aromatic rings. The Morgan fingerprint density at radius 1 is 0.905 bits per heavy atom. The summed E-state index contributed by atoms with van der Waals surface area (Å²) in [4.78, 5) is 21.7. The summed E-state index contributed by atoms with van der Waals surface area (Å²) in [5, 5.41) is 18.1. The van der Waals surface area contributed by atoms with E-state index >= 15 is 0 Å². The first kappa shape index (κ1) is 17.6. The van der Waals surface area contributed by atoms with Crippen molar-refractivity contribution in [3.05, 3.63) is 41.5 Å². The van der Waals surface area contributed by atoms with Crippen molar-refractivity contribution >= 4 is 32.8 Å². The van der Waals surface area contributed by atoms with E-state index < -0.39 is 27.0 Å². The molecular weight excluding hydrogens is 311 g/mol. The van der Waals surface area contributed by atoms with E-state index in [1.807, 2.05) is 0 Å². The van der Waals surface area contributed by atoms with E-state index in [4.69, 9.17) is 14.8 Å². The van der Waals surface area contributed by atoms with Crippen LogP contribution in [0.1, 0.15) is 22.1 Å². The Morgan fingerprint density at radius 2 is 1.38 bits per heavy atom. The van der Waals surface area contributed by atoms with Crippen LogP contribution in [-0.4, -0.2) is 35.1 Å². The van der Waals surface area contributed by atoms with E-state index in [0.29, 0.717) is 0 Å². The van der Waals surface area contributed by atoms with Gasteiger partial charge >= 0.3 is 41.5 Å². The molecular formula is C12H9NaO7S. The van der Waals surface area contributed by atoms with Gasteiger partial charge in [0.25, 0.3) is 10.1 Å². The normalized spacial score (nSPS) is 10.9. The van der Waals surface area contributed by atoms with Crippen LogP contribution in [0.15, 0.2) is 35.2 Å². The first-order chi connectivity index (χ1) is 9.21. The van der Waals surface area contributed by atoms with E-state index in [1.54, 1.807) is 0 Å². The van der Waals surface area contributed by atoms with E-state index in [-0.39, 0.29) is 52.9 Å². The van der Waals surface area contributed by atoms with Crippen molar-refractivity contribution in [3.63, 3.8) is 0 Å². The predicted molar refractivity (Wildman–Crippen MR) is 68.8 cm³/mol. The summed E-state index contributed by atoms with van der Waals surface area (Å²) in [5.41, 5.74) is -0.414. The fourth-order valence-electron chi connectivity index (χ4n) is 1.86. The van der Waals surface area contributed by atoms with Crippen LogP contribution in [0.5, 0.6) is 0 Å². The molecule has 9 heteroatoms. The van der Waals surface area contributed by atoms with Gasteiger partial charge in [0, 0.05) is 0 Å². The van der Waals surface area contributed by atoms with Crippen molar-refractivity contribution in [1.82, 2.24) is 0 Å². The Balaban J connectivity index is 0.00000220. The SMILES string of the molecule is O=C(O)c1ccc(C(=O)O)c2cc(S(=O)(=O)O)ccc12.[H-].[Na+]. The first-order valence-electron chi connectivity index (χ1n) is 5.22.